The van der Waals surface area contributed by atoms with Gasteiger partial charge < -0.3 is 15.1 Å². The number of nitrogens with zero attached hydrogens (tertiary/aromatic N) is 1. The van der Waals surface area contributed by atoms with E-state index in [-0.39, 0.29) is 12.8 Å². The first-order valence-corrected chi connectivity index (χ1v) is 7.68. The lowest BCUT2D eigenvalue weighted by atomic mass is 10.0. The highest BCUT2D eigenvalue weighted by Crippen LogP contribution is 2.14. The van der Waals surface area contributed by atoms with Gasteiger partial charge in [-0.05, 0) is 43.9 Å². The van der Waals surface area contributed by atoms with Crippen molar-refractivity contribution in [3.8, 4) is 0 Å². The number of carboxylic acid groups (broad SMARTS) is 2. The second-order valence-corrected chi connectivity index (χ2v) is 5.57. The first kappa shape index (κ1) is 18.2. The lowest BCUT2D eigenvalue weighted by Gasteiger charge is -2.10. The van der Waals surface area contributed by atoms with Gasteiger partial charge in [0.2, 0.25) is 0 Å². The smallest absolute Gasteiger partial charge is 0.303 e. The van der Waals surface area contributed by atoms with E-state index in [1.807, 2.05) is 0 Å². The molecule has 1 heterocycles. The van der Waals surface area contributed by atoms with Crippen LogP contribution in [0.3, 0.4) is 0 Å². The van der Waals surface area contributed by atoms with Gasteiger partial charge in [0.25, 0.3) is 0 Å². The Kier molecular flexibility index (Phi) is 8.22. The SMILES string of the molecule is CN1CCc2ccccc2CC1.O=C(O)CCCCC(=O)O. The standard InChI is InChI=1S/C11H15N.C6H10O4/c1-12-8-6-10-4-2-3-5-11(10)7-9-12;7-5(8)3-1-2-4-6(9)10/h2-5H,6-9H2,1H3;1-4H2,(H,7,8)(H,9,10). The maximum absolute atomic E-state index is 9.90. The first-order valence-electron chi connectivity index (χ1n) is 7.68. The van der Waals surface area contributed by atoms with Crippen molar-refractivity contribution in [1.82, 2.24) is 4.90 Å². The number of fused-ring (bicyclic) bond motifs is 1. The molecule has 22 heavy (non-hydrogen) atoms. The molecule has 2 N–H and O–H groups in total. The van der Waals surface area contributed by atoms with Gasteiger partial charge >= 0.3 is 11.9 Å². The quantitative estimate of drug-likeness (QED) is 0.817. The fourth-order valence-corrected chi connectivity index (χ4v) is 2.33. The number of benzene rings is 1. The molecule has 122 valence electrons. The third-order valence-electron chi connectivity index (χ3n) is 3.68. The molecule has 0 aromatic heterocycles. The topological polar surface area (TPSA) is 77.8 Å². The normalized spacial score (nSPS) is 14.2. The maximum Gasteiger partial charge on any atom is 0.303 e. The Labute approximate surface area is 131 Å². The fourth-order valence-electron chi connectivity index (χ4n) is 2.33. The highest BCUT2D eigenvalue weighted by molar-refractivity contribution is 5.67. The number of hydrogen-bond donors (Lipinski definition) is 2. The van der Waals surface area contributed by atoms with E-state index in [2.05, 4.69) is 36.2 Å². The van der Waals surface area contributed by atoms with Crippen molar-refractivity contribution in [3.05, 3.63) is 35.4 Å². The Balaban J connectivity index is 0.000000225. The van der Waals surface area contributed by atoms with Crippen LogP contribution in [-0.4, -0.2) is 47.2 Å². The molecule has 5 nitrogen and oxygen atoms in total. The van der Waals surface area contributed by atoms with Gasteiger partial charge in [0.15, 0.2) is 0 Å². The van der Waals surface area contributed by atoms with Crippen LogP contribution < -0.4 is 0 Å². The van der Waals surface area contributed by atoms with Gasteiger partial charge in [-0.1, -0.05) is 24.3 Å². The van der Waals surface area contributed by atoms with Crippen LogP contribution in [0, 0.1) is 0 Å². The van der Waals surface area contributed by atoms with Crippen LogP contribution in [-0.2, 0) is 22.4 Å². The summed E-state index contributed by atoms with van der Waals surface area (Å²) in [4.78, 5) is 22.2. The highest BCUT2D eigenvalue weighted by Gasteiger charge is 2.09. The van der Waals surface area contributed by atoms with Crippen LogP contribution in [0.4, 0.5) is 0 Å². The monoisotopic (exact) mass is 307 g/mol. The van der Waals surface area contributed by atoms with Crippen LogP contribution >= 0.6 is 0 Å². The molecule has 0 atom stereocenters. The van der Waals surface area contributed by atoms with Crippen molar-refractivity contribution in [2.24, 2.45) is 0 Å². The van der Waals surface area contributed by atoms with Crippen molar-refractivity contribution in [2.75, 3.05) is 20.1 Å². The number of aliphatic carboxylic acids is 2. The van der Waals surface area contributed by atoms with Gasteiger partial charge in [0, 0.05) is 25.9 Å². The Morgan fingerprint density at radius 1 is 0.955 bits per heavy atom. The molecule has 1 aromatic rings. The number of carboxylic acids is 2. The Hall–Kier alpha value is -1.88. The van der Waals surface area contributed by atoms with E-state index in [4.69, 9.17) is 10.2 Å². The van der Waals surface area contributed by atoms with Crippen molar-refractivity contribution in [1.29, 1.82) is 0 Å². The number of hydrogen-bond acceptors (Lipinski definition) is 3. The van der Waals surface area contributed by atoms with Crippen LogP contribution in [0.15, 0.2) is 24.3 Å². The molecule has 0 unspecified atom stereocenters. The third-order valence-corrected chi connectivity index (χ3v) is 3.68. The summed E-state index contributed by atoms with van der Waals surface area (Å²) in [5.74, 6) is -1.74. The summed E-state index contributed by atoms with van der Waals surface area (Å²) in [6, 6.07) is 8.80. The van der Waals surface area contributed by atoms with E-state index in [1.54, 1.807) is 11.1 Å². The molecular weight excluding hydrogens is 282 g/mol. The third kappa shape index (κ3) is 7.78. The zero-order valence-corrected chi connectivity index (χ0v) is 13.1. The summed E-state index contributed by atoms with van der Waals surface area (Å²) in [7, 11) is 2.20. The minimum absolute atomic E-state index is 0.0628. The Bertz CT molecular complexity index is 444. The largest absolute Gasteiger partial charge is 0.481 e. The van der Waals surface area contributed by atoms with E-state index in [0.29, 0.717) is 12.8 Å². The molecule has 0 bridgehead atoms. The average Bonchev–Trinajstić information content (AvgIpc) is 2.67. The number of carbonyl (C=O) groups is 2. The molecule has 0 fully saturated rings. The van der Waals surface area contributed by atoms with E-state index >= 15 is 0 Å². The summed E-state index contributed by atoms with van der Waals surface area (Å²) in [6.45, 7) is 2.41. The minimum Gasteiger partial charge on any atom is -0.481 e. The zero-order valence-electron chi connectivity index (χ0n) is 13.1. The molecule has 2 rings (SSSR count). The summed E-state index contributed by atoms with van der Waals surface area (Å²) in [6.07, 6.45) is 3.45. The summed E-state index contributed by atoms with van der Waals surface area (Å²) in [5.41, 5.74) is 3.09. The molecule has 0 aliphatic carbocycles. The van der Waals surface area contributed by atoms with E-state index in [9.17, 15) is 9.59 Å². The van der Waals surface area contributed by atoms with Crippen LogP contribution in [0.1, 0.15) is 36.8 Å². The van der Waals surface area contributed by atoms with Crippen molar-refractivity contribution in [2.45, 2.75) is 38.5 Å². The molecule has 1 aliphatic heterocycles. The molecule has 0 saturated heterocycles. The van der Waals surface area contributed by atoms with Gasteiger partial charge in [-0.2, -0.15) is 0 Å². The molecular formula is C17H25NO4. The van der Waals surface area contributed by atoms with Gasteiger partial charge in [0.05, 0.1) is 0 Å². The fraction of sp³-hybridized carbons (Fsp3) is 0.529. The lowest BCUT2D eigenvalue weighted by molar-refractivity contribution is -0.139. The van der Waals surface area contributed by atoms with Crippen molar-refractivity contribution in [3.63, 3.8) is 0 Å². The first-order chi connectivity index (χ1) is 10.5. The number of unbranched alkanes of at least 4 members (excludes halogenated alkanes) is 1. The molecule has 0 saturated carbocycles. The highest BCUT2D eigenvalue weighted by atomic mass is 16.4. The van der Waals surface area contributed by atoms with E-state index < -0.39 is 11.9 Å². The number of likely N-dealkylation sites (N-methyl/N-ethyl adjacent to an activating group) is 1. The lowest BCUT2D eigenvalue weighted by Crippen LogP contribution is -2.20. The molecule has 1 aliphatic rings. The van der Waals surface area contributed by atoms with Crippen LogP contribution in [0.2, 0.25) is 0 Å². The van der Waals surface area contributed by atoms with Gasteiger partial charge in [-0.3, -0.25) is 9.59 Å². The van der Waals surface area contributed by atoms with Gasteiger partial charge in [0.1, 0.15) is 0 Å². The molecule has 5 heteroatoms. The predicted octanol–water partition coefficient (Wildman–Crippen LogP) is 2.43. The number of rotatable bonds is 5. The maximum atomic E-state index is 9.90. The minimum atomic E-state index is -0.870. The predicted molar refractivity (Wildman–Crippen MR) is 85.1 cm³/mol. The molecule has 0 radical (unpaired) electrons. The zero-order chi connectivity index (χ0) is 16.4. The van der Waals surface area contributed by atoms with Crippen LogP contribution in [0.5, 0.6) is 0 Å². The van der Waals surface area contributed by atoms with Crippen LogP contribution in [0.25, 0.3) is 0 Å². The second-order valence-electron chi connectivity index (χ2n) is 5.57. The van der Waals surface area contributed by atoms with E-state index in [0.717, 1.165) is 0 Å². The van der Waals surface area contributed by atoms with Gasteiger partial charge in [-0.15, -0.1) is 0 Å². The van der Waals surface area contributed by atoms with Gasteiger partial charge in [-0.25, -0.2) is 0 Å². The Morgan fingerprint density at radius 2 is 1.36 bits per heavy atom. The second kappa shape index (κ2) is 9.95. The molecule has 0 spiro atoms. The molecule has 1 aromatic carbocycles. The van der Waals surface area contributed by atoms with E-state index in [1.165, 1.54) is 25.9 Å². The summed E-state index contributed by atoms with van der Waals surface area (Å²) < 4.78 is 0. The molecule has 0 amide bonds. The summed E-state index contributed by atoms with van der Waals surface area (Å²) in [5, 5.41) is 16.3. The Morgan fingerprint density at radius 3 is 1.73 bits per heavy atom. The van der Waals surface area contributed by atoms with Crippen molar-refractivity contribution >= 4 is 11.9 Å². The summed E-state index contributed by atoms with van der Waals surface area (Å²) >= 11 is 0. The average molecular weight is 307 g/mol. The van der Waals surface area contributed by atoms with Crippen molar-refractivity contribution < 1.29 is 19.8 Å².